The van der Waals surface area contributed by atoms with Crippen molar-refractivity contribution in [1.29, 1.82) is 0 Å². The molecule has 1 heterocycles. The number of hydrogen-bond acceptors (Lipinski definition) is 3. The number of benzene rings is 2. The van der Waals surface area contributed by atoms with Crippen LogP contribution in [0.2, 0.25) is 0 Å². The number of carbonyl (C=O) groups is 1. The minimum Gasteiger partial charge on any atom is -0.370 e. The third-order valence-corrected chi connectivity index (χ3v) is 6.91. The monoisotopic (exact) mass is 477 g/mol. The van der Waals surface area contributed by atoms with Gasteiger partial charge in [-0.15, -0.1) is 12.4 Å². The summed E-state index contributed by atoms with van der Waals surface area (Å²) in [6, 6.07) is 12.5. The lowest BCUT2D eigenvalue weighted by molar-refractivity contribution is -0.118. The minimum atomic E-state index is -0.0375. The number of anilines is 2. The van der Waals surface area contributed by atoms with Crippen molar-refractivity contribution in [3.8, 4) is 22.3 Å². The highest BCUT2D eigenvalue weighted by molar-refractivity contribution is 5.92. The maximum absolute atomic E-state index is 12.0. The maximum Gasteiger partial charge on any atom is 0.226 e. The molecule has 0 atom stereocenters. The molecule has 1 fully saturated rings. The van der Waals surface area contributed by atoms with Crippen molar-refractivity contribution >= 4 is 29.8 Å². The van der Waals surface area contributed by atoms with Gasteiger partial charge in [-0.25, -0.2) is 4.98 Å². The van der Waals surface area contributed by atoms with Gasteiger partial charge in [-0.3, -0.25) is 4.79 Å². The molecule has 1 aliphatic carbocycles. The van der Waals surface area contributed by atoms with E-state index in [0.717, 1.165) is 29.5 Å². The number of amides is 1. The van der Waals surface area contributed by atoms with Crippen LogP contribution < -0.4 is 10.6 Å². The predicted octanol–water partition coefficient (Wildman–Crippen LogP) is 7.49. The van der Waals surface area contributed by atoms with Crippen molar-refractivity contribution in [2.24, 2.45) is 11.8 Å². The highest BCUT2D eigenvalue weighted by Crippen LogP contribution is 2.39. The molecule has 1 amide bonds. The van der Waals surface area contributed by atoms with E-state index in [4.69, 9.17) is 0 Å². The average Bonchev–Trinajstić information content (AvgIpc) is 3.63. The first-order chi connectivity index (χ1) is 15.8. The van der Waals surface area contributed by atoms with Gasteiger partial charge in [0.15, 0.2) is 0 Å². The highest BCUT2D eigenvalue weighted by Gasteiger charge is 2.21. The fourth-order valence-electron chi connectivity index (χ4n) is 4.40. The van der Waals surface area contributed by atoms with Crippen molar-refractivity contribution in [2.45, 2.75) is 54.4 Å². The molecule has 34 heavy (non-hydrogen) atoms. The summed E-state index contributed by atoms with van der Waals surface area (Å²) in [5.74, 6) is 1.78. The molecule has 0 bridgehead atoms. The van der Waals surface area contributed by atoms with Crippen LogP contribution in [0.15, 0.2) is 42.6 Å². The predicted molar refractivity (Wildman–Crippen MR) is 146 cm³/mol. The maximum atomic E-state index is 12.0. The van der Waals surface area contributed by atoms with E-state index < -0.39 is 0 Å². The van der Waals surface area contributed by atoms with Gasteiger partial charge in [0.25, 0.3) is 0 Å². The van der Waals surface area contributed by atoms with Gasteiger partial charge in [-0.1, -0.05) is 26.0 Å². The molecule has 2 N–H and O–H groups in total. The zero-order chi connectivity index (χ0) is 23.7. The first kappa shape index (κ1) is 25.8. The lowest BCUT2D eigenvalue weighted by Gasteiger charge is -2.21. The molecule has 1 aliphatic rings. The van der Waals surface area contributed by atoms with Crippen molar-refractivity contribution in [1.82, 2.24) is 4.98 Å². The van der Waals surface area contributed by atoms with Gasteiger partial charge in [0, 0.05) is 29.9 Å². The highest BCUT2D eigenvalue weighted by atomic mass is 35.5. The van der Waals surface area contributed by atoms with E-state index in [1.807, 2.05) is 32.2 Å². The van der Waals surface area contributed by atoms with Gasteiger partial charge >= 0.3 is 0 Å². The third-order valence-electron chi connectivity index (χ3n) is 6.91. The lowest BCUT2D eigenvalue weighted by atomic mass is 9.84. The Morgan fingerprint density at radius 1 is 0.882 bits per heavy atom. The molecular weight excluding hydrogens is 442 g/mol. The normalized spacial score (nSPS) is 12.9. The number of rotatable bonds is 7. The molecule has 4 nitrogen and oxygen atoms in total. The Morgan fingerprint density at radius 3 is 1.88 bits per heavy atom. The van der Waals surface area contributed by atoms with Gasteiger partial charge in [0.1, 0.15) is 5.82 Å². The van der Waals surface area contributed by atoms with E-state index in [1.165, 1.54) is 51.8 Å². The zero-order valence-electron chi connectivity index (χ0n) is 21.1. The summed E-state index contributed by atoms with van der Waals surface area (Å²) < 4.78 is 0. The summed E-state index contributed by atoms with van der Waals surface area (Å²) in [5.41, 5.74) is 10.8. The summed E-state index contributed by atoms with van der Waals surface area (Å²) in [5, 5.41) is 6.43. The number of aromatic nitrogens is 1. The Labute approximate surface area is 210 Å². The zero-order valence-corrected chi connectivity index (χ0v) is 21.9. The molecule has 180 valence electrons. The standard InChI is InChI=1S/C29H35N3O.ClH/c1-17(2)29(33)32-25-12-9-23(10-13-25)27-18(3)20(5)28(21(6)19(27)4)24-11-14-26(31-16-24)30-15-22-7-8-22;/h9-14,16-17,22H,7-8,15H2,1-6H3,(H,30,31)(H,32,33);1H. The first-order valence-corrected chi connectivity index (χ1v) is 12.0. The number of nitrogens with zero attached hydrogens (tertiary/aromatic N) is 1. The second kappa shape index (κ2) is 10.6. The van der Waals surface area contributed by atoms with Crippen molar-refractivity contribution in [3.63, 3.8) is 0 Å². The summed E-state index contributed by atoms with van der Waals surface area (Å²) in [4.78, 5) is 16.7. The van der Waals surface area contributed by atoms with Gasteiger partial charge < -0.3 is 10.6 Å². The van der Waals surface area contributed by atoms with Crippen LogP contribution in [0.1, 0.15) is 48.9 Å². The van der Waals surface area contributed by atoms with Gasteiger partial charge in [0.2, 0.25) is 5.91 Å². The van der Waals surface area contributed by atoms with Gasteiger partial charge in [0.05, 0.1) is 0 Å². The molecule has 4 rings (SSSR count). The Balaban J connectivity index is 0.00000324. The van der Waals surface area contributed by atoms with E-state index in [1.54, 1.807) is 0 Å². The summed E-state index contributed by atoms with van der Waals surface area (Å²) in [6.07, 6.45) is 4.67. The van der Waals surface area contributed by atoms with Crippen molar-refractivity contribution in [3.05, 3.63) is 64.8 Å². The number of nitrogens with one attached hydrogen (secondary N) is 2. The largest absolute Gasteiger partial charge is 0.370 e. The van der Waals surface area contributed by atoms with Crippen LogP contribution in [0.4, 0.5) is 11.5 Å². The van der Waals surface area contributed by atoms with Crippen molar-refractivity contribution < 1.29 is 4.79 Å². The molecule has 0 radical (unpaired) electrons. The number of pyridine rings is 1. The molecular formula is C29H36ClN3O. The molecule has 0 unspecified atom stereocenters. The Bertz CT molecular complexity index is 1130. The fraction of sp³-hybridized carbons (Fsp3) is 0.379. The molecule has 0 spiro atoms. The molecule has 0 saturated heterocycles. The number of hydrogen-bond donors (Lipinski definition) is 2. The van der Waals surface area contributed by atoms with Crippen LogP contribution in [0.5, 0.6) is 0 Å². The first-order valence-electron chi connectivity index (χ1n) is 12.0. The quantitative estimate of drug-likeness (QED) is 0.370. The molecule has 1 saturated carbocycles. The van der Waals surface area contributed by atoms with Crippen LogP contribution in [-0.4, -0.2) is 17.4 Å². The van der Waals surface area contributed by atoms with Gasteiger partial charge in [-0.05, 0) is 110 Å². The van der Waals surface area contributed by atoms with Crippen molar-refractivity contribution in [2.75, 3.05) is 17.2 Å². The topological polar surface area (TPSA) is 54.0 Å². The van der Waals surface area contributed by atoms with Crippen LogP contribution in [0.25, 0.3) is 22.3 Å². The minimum absolute atomic E-state index is 0. The number of halogens is 1. The van der Waals surface area contributed by atoms with Crippen LogP contribution in [0, 0.1) is 39.5 Å². The van der Waals surface area contributed by atoms with Crippen LogP contribution in [-0.2, 0) is 4.79 Å². The average molecular weight is 478 g/mol. The molecule has 0 aliphatic heterocycles. The number of carbonyl (C=O) groups excluding carboxylic acids is 1. The second-order valence-electron chi connectivity index (χ2n) is 9.73. The van der Waals surface area contributed by atoms with E-state index in [2.05, 4.69) is 67.6 Å². The van der Waals surface area contributed by atoms with E-state index >= 15 is 0 Å². The smallest absolute Gasteiger partial charge is 0.226 e. The Kier molecular flexibility index (Phi) is 8.04. The summed E-state index contributed by atoms with van der Waals surface area (Å²) in [7, 11) is 0. The van der Waals surface area contributed by atoms with Gasteiger partial charge in [-0.2, -0.15) is 0 Å². The second-order valence-corrected chi connectivity index (χ2v) is 9.73. The molecule has 5 heteroatoms. The Morgan fingerprint density at radius 2 is 1.41 bits per heavy atom. The van der Waals surface area contributed by atoms with E-state index in [-0.39, 0.29) is 24.2 Å². The lowest BCUT2D eigenvalue weighted by Crippen LogP contribution is -2.17. The molecule has 3 aromatic rings. The van der Waals surface area contributed by atoms with Crippen LogP contribution >= 0.6 is 12.4 Å². The molecule has 2 aromatic carbocycles. The van der Waals surface area contributed by atoms with E-state index in [0.29, 0.717) is 0 Å². The van der Waals surface area contributed by atoms with E-state index in [9.17, 15) is 4.79 Å². The molecule has 1 aromatic heterocycles. The third kappa shape index (κ3) is 5.44. The summed E-state index contributed by atoms with van der Waals surface area (Å²) >= 11 is 0. The summed E-state index contributed by atoms with van der Waals surface area (Å²) in [6.45, 7) is 13.6. The van der Waals surface area contributed by atoms with Crippen LogP contribution in [0.3, 0.4) is 0 Å². The fourth-order valence-corrected chi connectivity index (χ4v) is 4.40. The Hall–Kier alpha value is -2.85. The SMILES string of the molecule is Cc1c(C)c(-c2ccc(NCC3CC3)nc2)c(C)c(C)c1-c1ccc(NC(=O)C(C)C)cc1.Cl.